The molecule has 0 aromatic heterocycles. The Kier molecular flexibility index (Phi) is 5.47. The maximum Gasteiger partial charge on any atom is 0.351 e. The van der Waals surface area contributed by atoms with E-state index < -0.39 is 13.4 Å². The quantitative estimate of drug-likeness (QED) is 0.809. The number of aryl methyl sites for hydroxylation is 1. The van der Waals surface area contributed by atoms with Crippen LogP contribution < -0.4 is 5.73 Å². The molecule has 1 aromatic rings. The number of hydrogen-bond donors (Lipinski definition) is 1. The Bertz CT molecular complexity index is 443. The fraction of sp³-hybridized carbons (Fsp3) is 0.500. The van der Waals surface area contributed by atoms with E-state index >= 15 is 0 Å². The van der Waals surface area contributed by atoms with E-state index in [9.17, 15) is 8.96 Å². The molecule has 6 heteroatoms. The topological polar surface area (TPSA) is 61.5 Å². The summed E-state index contributed by atoms with van der Waals surface area (Å²) in [6, 6.07) is 4.14. The summed E-state index contributed by atoms with van der Waals surface area (Å²) in [6.45, 7) is 5.63. The molecule has 1 rings (SSSR count). The Morgan fingerprint density at radius 1 is 1.33 bits per heavy atom. The molecule has 0 heterocycles. The number of benzene rings is 1. The molecule has 0 fully saturated rings. The van der Waals surface area contributed by atoms with Gasteiger partial charge < -0.3 is 14.8 Å². The molecule has 4 nitrogen and oxygen atoms in total. The lowest BCUT2D eigenvalue weighted by Crippen LogP contribution is -2.16. The third-order valence-electron chi connectivity index (χ3n) is 2.51. The van der Waals surface area contributed by atoms with Crippen LogP contribution in [0.1, 0.15) is 30.8 Å². The molecule has 102 valence electrons. The molecular formula is C12H19FNO3P. The predicted octanol–water partition coefficient (Wildman–Crippen LogP) is 3.36. The minimum atomic E-state index is -3.42. The van der Waals surface area contributed by atoms with E-state index in [0.29, 0.717) is 11.1 Å². The second-order valence-corrected chi connectivity index (χ2v) is 5.97. The zero-order chi connectivity index (χ0) is 13.8. The first-order valence-electron chi connectivity index (χ1n) is 5.85. The van der Waals surface area contributed by atoms with Crippen LogP contribution >= 0.6 is 7.60 Å². The van der Waals surface area contributed by atoms with Gasteiger partial charge in [0.05, 0.1) is 13.2 Å². The largest absolute Gasteiger partial charge is 0.351 e. The van der Waals surface area contributed by atoms with E-state index in [-0.39, 0.29) is 19.0 Å². The van der Waals surface area contributed by atoms with Crippen LogP contribution in [0.3, 0.4) is 0 Å². The van der Waals surface area contributed by atoms with Crippen LogP contribution in [0.4, 0.5) is 4.39 Å². The van der Waals surface area contributed by atoms with Crippen molar-refractivity contribution in [2.75, 3.05) is 13.2 Å². The first-order valence-corrected chi connectivity index (χ1v) is 7.46. The highest BCUT2D eigenvalue weighted by Crippen LogP contribution is 2.58. The lowest BCUT2D eigenvalue weighted by molar-refractivity contribution is 0.212. The zero-order valence-electron chi connectivity index (χ0n) is 10.9. The van der Waals surface area contributed by atoms with Gasteiger partial charge in [-0.2, -0.15) is 0 Å². The Balaban J connectivity index is 3.09. The van der Waals surface area contributed by atoms with Crippen LogP contribution in [0.25, 0.3) is 0 Å². The summed E-state index contributed by atoms with van der Waals surface area (Å²) in [5.41, 5.74) is 7.16. The van der Waals surface area contributed by atoms with E-state index in [1.54, 1.807) is 20.8 Å². The van der Waals surface area contributed by atoms with Gasteiger partial charge in [-0.15, -0.1) is 0 Å². The van der Waals surface area contributed by atoms with Crippen molar-refractivity contribution < 1.29 is 18.0 Å². The average Bonchev–Trinajstić information content (AvgIpc) is 2.29. The lowest BCUT2D eigenvalue weighted by Gasteiger charge is -2.24. The summed E-state index contributed by atoms with van der Waals surface area (Å²) < 4.78 is 35.9. The van der Waals surface area contributed by atoms with Gasteiger partial charge in [0.2, 0.25) is 0 Å². The van der Waals surface area contributed by atoms with Gasteiger partial charge in [0.15, 0.2) is 0 Å². The second kappa shape index (κ2) is 6.43. The van der Waals surface area contributed by atoms with Crippen molar-refractivity contribution in [3.05, 3.63) is 35.1 Å². The van der Waals surface area contributed by atoms with Gasteiger partial charge in [-0.25, -0.2) is 4.39 Å². The van der Waals surface area contributed by atoms with Gasteiger partial charge >= 0.3 is 7.60 Å². The molecule has 0 bridgehead atoms. The minimum Gasteiger partial charge on any atom is -0.314 e. The van der Waals surface area contributed by atoms with Crippen LogP contribution in [0.5, 0.6) is 0 Å². The molecule has 0 aliphatic heterocycles. The highest BCUT2D eigenvalue weighted by Gasteiger charge is 2.34. The summed E-state index contributed by atoms with van der Waals surface area (Å²) in [7, 11) is -3.42. The second-order valence-electron chi connectivity index (χ2n) is 3.82. The number of halogens is 1. The molecular weight excluding hydrogens is 256 g/mol. The third-order valence-corrected chi connectivity index (χ3v) is 4.70. The number of nitrogens with two attached hydrogens (primary N) is 1. The van der Waals surface area contributed by atoms with Gasteiger partial charge in [0.25, 0.3) is 0 Å². The molecule has 18 heavy (non-hydrogen) atoms. The van der Waals surface area contributed by atoms with Gasteiger partial charge in [-0.3, -0.25) is 4.57 Å². The zero-order valence-corrected chi connectivity index (χ0v) is 11.7. The average molecular weight is 275 g/mol. The SMILES string of the molecule is CCOP(=O)(OCC)[C@H](N)c1ccc(F)cc1C. The van der Waals surface area contributed by atoms with Crippen molar-refractivity contribution in [2.24, 2.45) is 5.73 Å². The van der Waals surface area contributed by atoms with Gasteiger partial charge in [0.1, 0.15) is 11.6 Å². The summed E-state index contributed by atoms with van der Waals surface area (Å²) in [5, 5.41) is 0. The highest BCUT2D eigenvalue weighted by atomic mass is 31.2. The number of hydrogen-bond acceptors (Lipinski definition) is 4. The first-order chi connectivity index (χ1) is 8.44. The van der Waals surface area contributed by atoms with Crippen LogP contribution in [0.2, 0.25) is 0 Å². The van der Waals surface area contributed by atoms with E-state index in [0.717, 1.165) is 0 Å². The van der Waals surface area contributed by atoms with Gasteiger partial charge in [0, 0.05) is 0 Å². The van der Waals surface area contributed by atoms with Gasteiger partial charge in [-0.05, 0) is 44.0 Å². The molecule has 0 radical (unpaired) electrons. The van der Waals surface area contributed by atoms with Crippen molar-refractivity contribution in [1.82, 2.24) is 0 Å². The third kappa shape index (κ3) is 3.39. The molecule has 0 aliphatic carbocycles. The fourth-order valence-electron chi connectivity index (χ4n) is 1.70. The van der Waals surface area contributed by atoms with Crippen molar-refractivity contribution in [2.45, 2.75) is 26.6 Å². The summed E-state index contributed by atoms with van der Waals surface area (Å²) in [6.07, 6.45) is 0. The maximum absolute atomic E-state index is 13.0. The summed E-state index contributed by atoms with van der Waals surface area (Å²) >= 11 is 0. The first kappa shape index (κ1) is 15.3. The molecule has 0 spiro atoms. The number of rotatable bonds is 6. The Morgan fingerprint density at radius 2 is 1.89 bits per heavy atom. The van der Waals surface area contributed by atoms with E-state index in [1.165, 1.54) is 18.2 Å². The summed E-state index contributed by atoms with van der Waals surface area (Å²) in [4.78, 5) is 0. The van der Waals surface area contributed by atoms with Crippen LogP contribution in [-0.2, 0) is 13.6 Å². The Hall–Kier alpha value is -0.740. The standard InChI is InChI=1S/C12H19FNO3P/c1-4-16-18(15,17-5-2)12(14)11-7-6-10(13)8-9(11)3/h6-8,12H,4-5,14H2,1-3H3/t12-/m0/s1. The molecule has 2 N–H and O–H groups in total. The van der Waals surface area contributed by atoms with Crippen molar-refractivity contribution in [1.29, 1.82) is 0 Å². The Labute approximate surface area is 107 Å². The smallest absolute Gasteiger partial charge is 0.314 e. The maximum atomic E-state index is 13.0. The summed E-state index contributed by atoms with van der Waals surface area (Å²) in [5.74, 6) is -1.26. The Morgan fingerprint density at radius 3 is 2.33 bits per heavy atom. The molecule has 0 saturated carbocycles. The molecule has 0 saturated heterocycles. The fourth-order valence-corrected chi connectivity index (χ4v) is 3.44. The van der Waals surface area contributed by atoms with E-state index in [1.807, 2.05) is 0 Å². The van der Waals surface area contributed by atoms with Gasteiger partial charge in [-0.1, -0.05) is 6.07 Å². The lowest BCUT2D eigenvalue weighted by atomic mass is 10.1. The highest BCUT2D eigenvalue weighted by molar-refractivity contribution is 7.54. The van der Waals surface area contributed by atoms with Crippen LogP contribution in [0, 0.1) is 12.7 Å². The predicted molar refractivity (Wildman–Crippen MR) is 68.9 cm³/mol. The monoisotopic (exact) mass is 275 g/mol. The molecule has 0 amide bonds. The van der Waals surface area contributed by atoms with E-state index in [2.05, 4.69) is 0 Å². The van der Waals surface area contributed by atoms with Crippen molar-refractivity contribution in [3.8, 4) is 0 Å². The molecule has 1 atom stereocenters. The molecule has 0 aliphatic rings. The van der Waals surface area contributed by atoms with Crippen LogP contribution in [0.15, 0.2) is 18.2 Å². The van der Waals surface area contributed by atoms with Crippen molar-refractivity contribution >= 4 is 7.60 Å². The van der Waals surface area contributed by atoms with Crippen molar-refractivity contribution in [3.63, 3.8) is 0 Å². The normalized spacial score (nSPS) is 13.6. The minimum absolute atomic E-state index is 0.241. The van der Waals surface area contributed by atoms with E-state index in [4.69, 9.17) is 14.8 Å². The van der Waals surface area contributed by atoms with Crippen LogP contribution in [-0.4, -0.2) is 13.2 Å². The molecule has 1 aromatic carbocycles. The molecule has 0 unspecified atom stereocenters.